The lowest BCUT2D eigenvalue weighted by molar-refractivity contribution is -0.0560. The summed E-state index contributed by atoms with van der Waals surface area (Å²) in [6, 6.07) is -0.284. The maximum absolute atomic E-state index is 11.3. The minimum atomic E-state index is -0.289. The molecular formula is C8H16N2O3. The van der Waals surface area contributed by atoms with E-state index < -0.39 is 0 Å². The zero-order valence-electron chi connectivity index (χ0n) is 8.20. The highest BCUT2D eigenvalue weighted by Gasteiger charge is 2.39. The molecule has 1 aliphatic rings. The predicted octanol–water partition coefficient (Wildman–Crippen LogP) is -0.0399. The molecule has 0 aromatic rings. The van der Waals surface area contributed by atoms with Crippen LogP contribution in [0.15, 0.2) is 0 Å². The van der Waals surface area contributed by atoms with Gasteiger partial charge in [-0.1, -0.05) is 13.8 Å². The van der Waals surface area contributed by atoms with Crippen LogP contribution in [0.2, 0.25) is 0 Å². The number of amides is 2. The highest BCUT2D eigenvalue weighted by molar-refractivity contribution is 5.75. The van der Waals surface area contributed by atoms with Crippen LogP contribution in [-0.4, -0.2) is 42.7 Å². The van der Waals surface area contributed by atoms with E-state index in [4.69, 9.17) is 9.84 Å². The number of methoxy groups -OCH3 is 1. The molecule has 0 aromatic heterocycles. The van der Waals surface area contributed by atoms with Gasteiger partial charge in [0.2, 0.25) is 0 Å². The number of aliphatic hydroxyl groups is 1. The first kappa shape index (κ1) is 10.3. The van der Waals surface area contributed by atoms with E-state index >= 15 is 0 Å². The predicted molar refractivity (Wildman–Crippen MR) is 46.9 cm³/mol. The van der Waals surface area contributed by atoms with Crippen LogP contribution >= 0.6 is 0 Å². The van der Waals surface area contributed by atoms with Gasteiger partial charge < -0.3 is 20.1 Å². The Morgan fingerprint density at radius 3 is 2.85 bits per heavy atom. The average molecular weight is 188 g/mol. The van der Waals surface area contributed by atoms with Gasteiger partial charge in [-0.15, -0.1) is 0 Å². The summed E-state index contributed by atoms with van der Waals surface area (Å²) in [5, 5.41) is 11.5. The Bertz CT molecular complexity index is 206. The summed E-state index contributed by atoms with van der Waals surface area (Å²) in [6.07, 6.45) is -0.289. The molecule has 1 rings (SSSR count). The number of rotatable bonds is 2. The molecule has 0 aliphatic carbocycles. The number of hydrogen-bond acceptors (Lipinski definition) is 3. The molecule has 0 aromatic carbocycles. The highest BCUT2D eigenvalue weighted by atomic mass is 16.5. The van der Waals surface area contributed by atoms with Gasteiger partial charge in [0.1, 0.15) is 13.0 Å². The zero-order chi connectivity index (χ0) is 10.1. The fraction of sp³-hybridized carbons (Fsp3) is 0.875. The summed E-state index contributed by atoms with van der Waals surface area (Å²) in [7, 11) is 1.56. The summed E-state index contributed by atoms with van der Waals surface area (Å²) < 4.78 is 5.13. The van der Waals surface area contributed by atoms with E-state index in [0.717, 1.165) is 0 Å². The van der Waals surface area contributed by atoms with E-state index in [2.05, 4.69) is 5.32 Å². The van der Waals surface area contributed by atoms with Gasteiger partial charge in [0.05, 0.1) is 0 Å². The van der Waals surface area contributed by atoms with Crippen molar-refractivity contribution in [2.24, 2.45) is 5.41 Å². The van der Waals surface area contributed by atoms with Gasteiger partial charge in [0, 0.05) is 19.1 Å². The number of aliphatic hydroxyl groups excluding tert-OH is 1. The molecule has 2 N–H and O–H groups in total. The number of carbonyl (C=O) groups excluding carboxylic acids is 1. The van der Waals surface area contributed by atoms with E-state index in [0.29, 0.717) is 6.54 Å². The first-order chi connectivity index (χ1) is 6.01. The van der Waals surface area contributed by atoms with Crippen molar-refractivity contribution in [3.8, 4) is 0 Å². The highest BCUT2D eigenvalue weighted by Crippen LogP contribution is 2.26. The molecule has 5 heteroatoms. The van der Waals surface area contributed by atoms with Crippen LogP contribution < -0.4 is 5.32 Å². The summed E-state index contributed by atoms with van der Waals surface area (Å²) >= 11 is 0. The quantitative estimate of drug-likeness (QED) is 0.639. The number of carbonyl (C=O) groups is 1. The van der Waals surface area contributed by atoms with Crippen molar-refractivity contribution in [1.29, 1.82) is 0 Å². The van der Waals surface area contributed by atoms with E-state index in [1.165, 1.54) is 4.90 Å². The Kier molecular flexibility index (Phi) is 2.77. The van der Waals surface area contributed by atoms with Crippen molar-refractivity contribution in [1.82, 2.24) is 10.2 Å². The van der Waals surface area contributed by atoms with Gasteiger partial charge >= 0.3 is 6.03 Å². The van der Waals surface area contributed by atoms with Gasteiger partial charge in [-0.3, -0.25) is 0 Å². The lowest BCUT2D eigenvalue weighted by atomic mass is 9.89. The molecule has 0 bridgehead atoms. The Labute approximate surface area is 77.7 Å². The molecule has 2 amide bonds. The number of nitrogens with one attached hydrogen (secondary N) is 1. The molecule has 76 valence electrons. The topological polar surface area (TPSA) is 61.8 Å². The number of ether oxygens (including phenoxy) is 1. The molecule has 1 saturated heterocycles. The fourth-order valence-electron chi connectivity index (χ4n) is 1.54. The fourth-order valence-corrected chi connectivity index (χ4v) is 1.54. The Morgan fingerprint density at radius 1 is 1.77 bits per heavy atom. The van der Waals surface area contributed by atoms with Crippen LogP contribution in [-0.2, 0) is 4.74 Å². The summed E-state index contributed by atoms with van der Waals surface area (Å²) in [5.74, 6) is 0. The minimum Gasteiger partial charge on any atom is -0.376 e. The van der Waals surface area contributed by atoms with Gasteiger partial charge in [0.15, 0.2) is 0 Å². The van der Waals surface area contributed by atoms with Crippen LogP contribution in [0.1, 0.15) is 13.8 Å². The Hall–Kier alpha value is -0.810. The second kappa shape index (κ2) is 3.51. The lowest BCUT2D eigenvalue weighted by Gasteiger charge is -2.42. The third-order valence-electron chi connectivity index (χ3n) is 2.26. The van der Waals surface area contributed by atoms with Gasteiger partial charge in [-0.25, -0.2) is 4.79 Å². The van der Waals surface area contributed by atoms with Gasteiger partial charge in [0.25, 0.3) is 0 Å². The molecule has 1 heterocycles. The summed E-state index contributed by atoms with van der Waals surface area (Å²) in [6.45, 7) is 4.19. The molecule has 1 unspecified atom stereocenters. The van der Waals surface area contributed by atoms with E-state index in [1.54, 1.807) is 7.11 Å². The zero-order valence-corrected chi connectivity index (χ0v) is 8.20. The molecular weight excluding hydrogens is 172 g/mol. The first-order valence-electron chi connectivity index (χ1n) is 4.20. The number of urea groups is 1. The Balaban J connectivity index is 2.72. The van der Waals surface area contributed by atoms with Crippen LogP contribution in [0.4, 0.5) is 4.79 Å². The van der Waals surface area contributed by atoms with E-state index in [1.807, 2.05) is 13.8 Å². The monoisotopic (exact) mass is 188 g/mol. The van der Waals surface area contributed by atoms with Crippen molar-refractivity contribution < 1.29 is 14.6 Å². The largest absolute Gasteiger partial charge is 0.376 e. The maximum atomic E-state index is 11.3. The molecule has 0 radical (unpaired) electrons. The van der Waals surface area contributed by atoms with Crippen LogP contribution in [0, 0.1) is 5.41 Å². The molecule has 5 nitrogen and oxygen atoms in total. The second-order valence-corrected chi connectivity index (χ2v) is 3.89. The van der Waals surface area contributed by atoms with Crippen LogP contribution in [0.3, 0.4) is 0 Å². The van der Waals surface area contributed by atoms with Crippen molar-refractivity contribution in [2.75, 3.05) is 20.4 Å². The first-order valence-corrected chi connectivity index (χ1v) is 4.20. The smallest absolute Gasteiger partial charge is 0.321 e. The summed E-state index contributed by atoms with van der Waals surface area (Å²) in [4.78, 5) is 12.6. The summed E-state index contributed by atoms with van der Waals surface area (Å²) in [5.41, 5.74) is -0.189. The standard InChI is InChI=1S/C8H16N2O3/c1-8(2)4-10(5-11)7(12)9-6(8)13-3/h6,11H,4-5H2,1-3H3,(H,9,12). The van der Waals surface area contributed by atoms with Gasteiger partial charge in [-0.05, 0) is 0 Å². The third kappa shape index (κ3) is 1.92. The lowest BCUT2D eigenvalue weighted by Crippen LogP contribution is -2.61. The van der Waals surface area contributed by atoms with E-state index in [-0.39, 0.29) is 24.4 Å². The van der Waals surface area contributed by atoms with Crippen molar-refractivity contribution in [3.63, 3.8) is 0 Å². The van der Waals surface area contributed by atoms with Crippen molar-refractivity contribution in [3.05, 3.63) is 0 Å². The van der Waals surface area contributed by atoms with Crippen molar-refractivity contribution >= 4 is 6.03 Å². The third-order valence-corrected chi connectivity index (χ3v) is 2.26. The van der Waals surface area contributed by atoms with Gasteiger partial charge in [-0.2, -0.15) is 0 Å². The minimum absolute atomic E-state index is 0.189. The molecule has 0 saturated carbocycles. The molecule has 1 aliphatic heterocycles. The molecule has 1 atom stereocenters. The number of hydrogen-bond donors (Lipinski definition) is 2. The second-order valence-electron chi connectivity index (χ2n) is 3.89. The maximum Gasteiger partial charge on any atom is 0.321 e. The average Bonchev–Trinajstić information content (AvgIpc) is 2.08. The number of nitrogens with zero attached hydrogens (tertiary/aromatic N) is 1. The Morgan fingerprint density at radius 2 is 2.38 bits per heavy atom. The molecule has 1 fully saturated rings. The molecule has 13 heavy (non-hydrogen) atoms. The van der Waals surface area contributed by atoms with Crippen LogP contribution in [0.5, 0.6) is 0 Å². The molecule has 0 spiro atoms. The van der Waals surface area contributed by atoms with Crippen LogP contribution in [0.25, 0.3) is 0 Å². The normalized spacial score (nSPS) is 27.2. The SMILES string of the molecule is COC1NC(=O)N(CO)CC1(C)C. The van der Waals surface area contributed by atoms with E-state index in [9.17, 15) is 4.79 Å². The van der Waals surface area contributed by atoms with Crippen molar-refractivity contribution in [2.45, 2.75) is 20.1 Å².